The van der Waals surface area contributed by atoms with Crippen molar-refractivity contribution in [2.75, 3.05) is 23.3 Å². The molecule has 1 aliphatic rings. The first-order chi connectivity index (χ1) is 9.31. The van der Waals surface area contributed by atoms with E-state index >= 15 is 0 Å². The number of hydrogen-bond donors (Lipinski definition) is 1. The van der Waals surface area contributed by atoms with Gasteiger partial charge in [-0.1, -0.05) is 6.07 Å². The van der Waals surface area contributed by atoms with E-state index in [2.05, 4.69) is 42.2 Å². The van der Waals surface area contributed by atoms with Crippen molar-refractivity contribution in [2.45, 2.75) is 12.5 Å². The minimum atomic E-state index is 0.427. The molecule has 1 saturated heterocycles. The van der Waals surface area contributed by atoms with Gasteiger partial charge in [0.15, 0.2) is 0 Å². The van der Waals surface area contributed by atoms with Gasteiger partial charge in [0.05, 0.1) is 0 Å². The van der Waals surface area contributed by atoms with Crippen LogP contribution in [0.3, 0.4) is 0 Å². The molecule has 0 aromatic carbocycles. The fourth-order valence-electron chi connectivity index (χ4n) is 2.30. The standard InChI is InChI=1S/C14H15BrN4/c15-11-4-5-13(17-9-11)18-12-6-8-19(10-12)14-3-1-2-7-16-14/h1-5,7,9,12H,6,8,10H2,(H,17,18)/t12-/m1/s1. The van der Waals surface area contributed by atoms with Gasteiger partial charge in [0, 0.05) is 36.0 Å². The lowest BCUT2D eigenvalue weighted by atomic mass is 10.2. The van der Waals surface area contributed by atoms with E-state index in [-0.39, 0.29) is 0 Å². The molecule has 19 heavy (non-hydrogen) atoms. The van der Waals surface area contributed by atoms with Crippen LogP contribution in [0.25, 0.3) is 0 Å². The average molecular weight is 319 g/mol. The van der Waals surface area contributed by atoms with Crippen molar-refractivity contribution in [1.29, 1.82) is 0 Å². The largest absolute Gasteiger partial charge is 0.365 e. The average Bonchev–Trinajstić information content (AvgIpc) is 2.91. The Morgan fingerprint density at radius 3 is 2.89 bits per heavy atom. The molecule has 0 radical (unpaired) electrons. The quantitative estimate of drug-likeness (QED) is 0.944. The molecule has 0 unspecified atom stereocenters. The summed E-state index contributed by atoms with van der Waals surface area (Å²) in [5.41, 5.74) is 0. The predicted octanol–water partition coefficient (Wildman–Crippen LogP) is 2.93. The van der Waals surface area contributed by atoms with Gasteiger partial charge in [0.2, 0.25) is 0 Å². The van der Waals surface area contributed by atoms with Crippen LogP contribution in [0, 0.1) is 0 Å². The summed E-state index contributed by atoms with van der Waals surface area (Å²) < 4.78 is 1.000. The van der Waals surface area contributed by atoms with E-state index in [0.29, 0.717) is 6.04 Å². The van der Waals surface area contributed by atoms with Crippen molar-refractivity contribution < 1.29 is 0 Å². The van der Waals surface area contributed by atoms with Crippen molar-refractivity contribution >= 4 is 27.6 Å². The van der Waals surface area contributed by atoms with Crippen molar-refractivity contribution in [1.82, 2.24) is 9.97 Å². The molecule has 4 nitrogen and oxygen atoms in total. The van der Waals surface area contributed by atoms with Gasteiger partial charge in [-0.15, -0.1) is 0 Å². The summed E-state index contributed by atoms with van der Waals surface area (Å²) in [6, 6.07) is 10.4. The van der Waals surface area contributed by atoms with Crippen LogP contribution >= 0.6 is 15.9 Å². The van der Waals surface area contributed by atoms with Gasteiger partial charge in [-0.3, -0.25) is 0 Å². The minimum absolute atomic E-state index is 0.427. The Morgan fingerprint density at radius 2 is 2.16 bits per heavy atom. The first-order valence-electron chi connectivity index (χ1n) is 6.35. The van der Waals surface area contributed by atoms with Crippen molar-refractivity contribution in [3.63, 3.8) is 0 Å². The first-order valence-corrected chi connectivity index (χ1v) is 7.14. The Morgan fingerprint density at radius 1 is 1.21 bits per heavy atom. The molecular weight excluding hydrogens is 304 g/mol. The summed E-state index contributed by atoms with van der Waals surface area (Å²) in [6.45, 7) is 2.00. The van der Waals surface area contributed by atoms with Crippen molar-refractivity contribution in [2.24, 2.45) is 0 Å². The lowest BCUT2D eigenvalue weighted by Gasteiger charge is -2.18. The maximum atomic E-state index is 4.39. The van der Waals surface area contributed by atoms with E-state index in [9.17, 15) is 0 Å². The number of halogens is 1. The fraction of sp³-hybridized carbons (Fsp3) is 0.286. The number of nitrogens with zero attached hydrogens (tertiary/aromatic N) is 3. The van der Waals surface area contributed by atoms with Crippen molar-refractivity contribution in [3.8, 4) is 0 Å². The highest BCUT2D eigenvalue weighted by atomic mass is 79.9. The van der Waals surface area contributed by atoms with E-state index in [1.54, 1.807) is 0 Å². The highest BCUT2D eigenvalue weighted by Gasteiger charge is 2.23. The molecular formula is C14H15BrN4. The molecule has 2 aromatic heterocycles. The number of rotatable bonds is 3. The fourth-order valence-corrected chi connectivity index (χ4v) is 2.53. The molecule has 0 aliphatic carbocycles. The monoisotopic (exact) mass is 318 g/mol. The topological polar surface area (TPSA) is 41.0 Å². The third-order valence-corrected chi connectivity index (χ3v) is 3.71. The smallest absolute Gasteiger partial charge is 0.128 e. The second-order valence-electron chi connectivity index (χ2n) is 4.63. The molecule has 3 heterocycles. The summed E-state index contributed by atoms with van der Waals surface area (Å²) in [5, 5.41) is 3.47. The van der Waals surface area contributed by atoms with E-state index in [0.717, 1.165) is 35.6 Å². The van der Waals surface area contributed by atoms with Gasteiger partial charge in [0.1, 0.15) is 11.6 Å². The third-order valence-electron chi connectivity index (χ3n) is 3.24. The minimum Gasteiger partial charge on any atom is -0.365 e. The van der Waals surface area contributed by atoms with Gasteiger partial charge < -0.3 is 10.2 Å². The van der Waals surface area contributed by atoms with E-state index in [1.165, 1.54) is 0 Å². The lowest BCUT2D eigenvalue weighted by Crippen LogP contribution is -2.26. The summed E-state index contributed by atoms with van der Waals surface area (Å²) >= 11 is 3.39. The van der Waals surface area contributed by atoms with Crippen LogP contribution in [-0.4, -0.2) is 29.1 Å². The maximum absolute atomic E-state index is 4.39. The zero-order valence-corrected chi connectivity index (χ0v) is 12.0. The molecule has 3 rings (SSSR count). The van der Waals surface area contributed by atoms with E-state index in [1.807, 2.05) is 36.7 Å². The Labute approximate surface area is 121 Å². The highest BCUT2D eigenvalue weighted by molar-refractivity contribution is 9.10. The summed E-state index contributed by atoms with van der Waals surface area (Å²) in [5.74, 6) is 1.98. The molecule has 0 bridgehead atoms. The van der Waals surface area contributed by atoms with Crippen LogP contribution in [0.1, 0.15) is 6.42 Å². The van der Waals surface area contributed by atoms with Gasteiger partial charge in [-0.05, 0) is 46.6 Å². The SMILES string of the molecule is Brc1ccc(N[C@@H]2CCN(c3ccccn3)C2)nc1. The highest BCUT2D eigenvalue weighted by Crippen LogP contribution is 2.20. The second-order valence-corrected chi connectivity index (χ2v) is 5.54. The van der Waals surface area contributed by atoms with Crippen LogP contribution in [0.5, 0.6) is 0 Å². The zero-order chi connectivity index (χ0) is 13.1. The molecule has 2 aromatic rings. The molecule has 98 valence electrons. The maximum Gasteiger partial charge on any atom is 0.128 e. The number of pyridine rings is 2. The van der Waals surface area contributed by atoms with Gasteiger partial charge >= 0.3 is 0 Å². The van der Waals surface area contributed by atoms with Crippen LogP contribution < -0.4 is 10.2 Å². The molecule has 1 atom stereocenters. The molecule has 5 heteroatoms. The lowest BCUT2D eigenvalue weighted by molar-refractivity contribution is 0.799. The van der Waals surface area contributed by atoms with Crippen LogP contribution in [0.4, 0.5) is 11.6 Å². The van der Waals surface area contributed by atoms with Gasteiger partial charge in [-0.25, -0.2) is 9.97 Å². The Kier molecular flexibility index (Phi) is 3.64. The van der Waals surface area contributed by atoms with Crippen LogP contribution in [0.15, 0.2) is 47.2 Å². The Bertz CT molecular complexity index is 529. The molecule has 1 aliphatic heterocycles. The molecule has 1 N–H and O–H groups in total. The Balaban J connectivity index is 1.62. The third kappa shape index (κ3) is 3.04. The number of nitrogens with one attached hydrogen (secondary N) is 1. The Hall–Kier alpha value is -1.62. The summed E-state index contributed by atoms with van der Waals surface area (Å²) in [6.07, 6.45) is 4.76. The molecule has 0 amide bonds. The molecule has 0 saturated carbocycles. The van der Waals surface area contributed by atoms with Crippen molar-refractivity contribution in [3.05, 3.63) is 47.2 Å². The second kappa shape index (κ2) is 5.57. The number of aromatic nitrogens is 2. The summed E-state index contributed by atoms with van der Waals surface area (Å²) in [7, 11) is 0. The van der Waals surface area contributed by atoms with Crippen LogP contribution in [0.2, 0.25) is 0 Å². The normalized spacial score (nSPS) is 18.6. The van der Waals surface area contributed by atoms with Crippen LogP contribution in [-0.2, 0) is 0 Å². The summed E-state index contributed by atoms with van der Waals surface area (Å²) in [4.78, 5) is 11.0. The van der Waals surface area contributed by atoms with E-state index < -0.39 is 0 Å². The molecule has 1 fully saturated rings. The zero-order valence-electron chi connectivity index (χ0n) is 10.5. The predicted molar refractivity (Wildman–Crippen MR) is 80.4 cm³/mol. The van der Waals surface area contributed by atoms with E-state index in [4.69, 9.17) is 0 Å². The first kappa shape index (κ1) is 12.4. The molecule has 0 spiro atoms. The number of hydrogen-bond acceptors (Lipinski definition) is 4. The van der Waals surface area contributed by atoms with Gasteiger partial charge in [-0.2, -0.15) is 0 Å². The number of anilines is 2. The van der Waals surface area contributed by atoms with Gasteiger partial charge in [0.25, 0.3) is 0 Å².